The van der Waals surface area contributed by atoms with Crippen LogP contribution in [0, 0.1) is 0 Å². The number of benzene rings is 2. The maximum absolute atomic E-state index is 12.3. The first kappa shape index (κ1) is 39.5. The Morgan fingerprint density at radius 1 is 0.791 bits per heavy atom. The van der Waals surface area contributed by atoms with Gasteiger partial charge in [-0.3, -0.25) is 14.4 Å². The fourth-order valence-corrected chi connectivity index (χ4v) is 5.18. The number of hydrogen-bond acceptors (Lipinski definition) is 6. The van der Waals surface area contributed by atoms with Crippen LogP contribution in [0.2, 0.25) is 0 Å². The van der Waals surface area contributed by atoms with E-state index in [-0.39, 0.29) is 80.6 Å². The third-order valence-electron chi connectivity index (χ3n) is 7.30. The fraction of sp³-hybridized carbons (Fsp3) is 0.545. The van der Waals surface area contributed by atoms with E-state index < -0.39 is 11.9 Å². The minimum absolute atomic E-state index is 0. The number of aryl methyl sites for hydroxylation is 1. The second-order valence-corrected chi connectivity index (χ2v) is 10.5. The summed E-state index contributed by atoms with van der Waals surface area (Å²) < 4.78 is 18.0. The predicted octanol–water partition coefficient (Wildman–Crippen LogP) is 1.06. The van der Waals surface area contributed by atoms with Gasteiger partial charge in [0.05, 0.1) is 25.4 Å². The number of rotatable bonds is 20. The van der Waals surface area contributed by atoms with Gasteiger partial charge in [0.2, 0.25) is 0 Å². The van der Waals surface area contributed by atoms with Gasteiger partial charge in [0, 0.05) is 24.8 Å². The number of aliphatic carboxylic acids is 2. The molecule has 2 aromatic carbocycles. The molecule has 1 aliphatic rings. The molecule has 0 aliphatic carbocycles. The summed E-state index contributed by atoms with van der Waals surface area (Å²) in [5.41, 5.74) is 3.74. The van der Waals surface area contributed by atoms with Crippen LogP contribution in [-0.2, 0) is 28.9 Å². The van der Waals surface area contributed by atoms with E-state index in [0.717, 1.165) is 86.0 Å². The Balaban J connectivity index is 0. The zero-order valence-electron chi connectivity index (χ0n) is 28.3. The monoisotopic (exact) mass is 616 g/mol. The summed E-state index contributed by atoms with van der Waals surface area (Å²) in [6, 6.07) is 9.63. The molecule has 0 fully saturated rings. The zero-order valence-corrected chi connectivity index (χ0v) is 30.3. The molecule has 228 valence electrons. The van der Waals surface area contributed by atoms with Crippen molar-refractivity contribution in [2.45, 2.75) is 96.8 Å². The van der Waals surface area contributed by atoms with Crippen LogP contribution >= 0.6 is 0 Å². The zero-order chi connectivity index (χ0) is 29.5. The molecule has 0 saturated heterocycles. The molecule has 0 unspecified atom stereocenters. The normalized spacial score (nSPS) is 11.9. The van der Waals surface area contributed by atoms with Gasteiger partial charge in [0.1, 0.15) is 17.2 Å². The van der Waals surface area contributed by atoms with Gasteiger partial charge in [-0.1, -0.05) is 38.3 Å². The average Bonchev–Trinajstić information content (AvgIpc) is 2.94. The SMILES string of the molecule is CCCc1c(OCCCCCCc2cccc(OCCCCCC(=O)O)c2CCC(=O)O)ccc2c1OCCC2=O.[H-].[H-].[Na+].[Na+]. The Labute approximate surface area is 302 Å². The molecule has 8 nitrogen and oxygen atoms in total. The van der Waals surface area contributed by atoms with E-state index in [2.05, 4.69) is 13.0 Å². The molecule has 43 heavy (non-hydrogen) atoms. The number of ketones is 1. The molecule has 10 heteroatoms. The minimum atomic E-state index is -0.835. The number of carbonyl (C=O) groups excluding carboxylic acids is 1. The first-order chi connectivity index (χ1) is 19.9. The van der Waals surface area contributed by atoms with Crippen molar-refractivity contribution in [2.24, 2.45) is 0 Å². The van der Waals surface area contributed by atoms with Crippen LogP contribution in [-0.4, -0.2) is 47.8 Å². The molecule has 0 bridgehead atoms. The number of unbranched alkanes of at least 4 members (excludes halogenated alkanes) is 5. The van der Waals surface area contributed by atoms with Crippen molar-refractivity contribution in [3.8, 4) is 17.2 Å². The summed E-state index contributed by atoms with van der Waals surface area (Å²) in [6.45, 7) is 3.61. The molecule has 1 aliphatic heterocycles. The van der Waals surface area contributed by atoms with Crippen molar-refractivity contribution in [1.82, 2.24) is 0 Å². The van der Waals surface area contributed by atoms with E-state index in [4.69, 9.17) is 19.3 Å². The molecular weight excluding hydrogens is 570 g/mol. The van der Waals surface area contributed by atoms with Crippen molar-refractivity contribution in [3.63, 3.8) is 0 Å². The van der Waals surface area contributed by atoms with Gasteiger partial charge in [-0.05, 0) is 80.7 Å². The molecular formula is C33H46Na2O8. The van der Waals surface area contributed by atoms with Gasteiger partial charge in [-0.25, -0.2) is 0 Å². The van der Waals surface area contributed by atoms with E-state index in [9.17, 15) is 19.5 Å². The summed E-state index contributed by atoms with van der Waals surface area (Å²) in [5.74, 6) is 0.746. The van der Waals surface area contributed by atoms with Gasteiger partial charge in [-0.2, -0.15) is 0 Å². The van der Waals surface area contributed by atoms with Crippen LogP contribution in [0.15, 0.2) is 30.3 Å². The quantitative estimate of drug-likeness (QED) is 0.168. The second-order valence-electron chi connectivity index (χ2n) is 10.5. The third kappa shape index (κ3) is 13.5. The number of carbonyl (C=O) groups is 3. The minimum Gasteiger partial charge on any atom is -1.00 e. The topological polar surface area (TPSA) is 119 Å². The van der Waals surface area contributed by atoms with Crippen LogP contribution in [0.5, 0.6) is 17.2 Å². The van der Waals surface area contributed by atoms with Crippen LogP contribution in [0.4, 0.5) is 0 Å². The van der Waals surface area contributed by atoms with Crippen molar-refractivity contribution in [1.29, 1.82) is 0 Å². The van der Waals surface area contributed by atoms with Crippen LogP contribution in [0.1, 0.15) is 107 Å². The van der Waals surface area contributed by atoms with E-state index in [1.54, 1.807) is 0 Å². The van der Waals surface area contributed by atoms with Gasteiger partial charge >= 0.3 is 71.1 Å². The summed E-state index contributed by atoms with van der Waals surface area (Å²) in [5, 5.41) is 18.0. The van der Waals surface area contributed by atoms with Gasteiger partial charge in [-0.15, -0.1) is 0 Å². The van der Waals surface area contributed by atoms with Crippen LogP contribution in [0.25, 0.3) is 0 Å². The summed E-state index contributed by atoms with van der Waals surface area (Å²) in [4.78, 5) is 34.2. The maximum atomic E-state index is 12.3. The number of carboxylic acid groups (broad SMARTS) is 2. The van der Waals surface area contributed by atoms with Gasteiger partial charge in [0.25, 0.3) is 0 Å². The van der Waals surface area contributed by atoms with E-state index in [0.29, 0.717) is 50.4 Å². The van der Waals surface area contributed by atoms with Crippen molar-refractivity contribution in [3.05, 3.63) is 52.6 Å². The number of ether oxygens (including phenoxy) is 3. The molecule has 2 aromatic rings. The Bertz CT molecular complexity index is 1180. The largest absolute Gasteiger partial charge is 1.00 e. The first-order valence-corrected chi connectivity index (χ1v) is 15.0. The summed E-state index contributed by atoms with van der Waals surface area (Å²) in [7, 11) is 0. The molecule has 2 N–H and O–H groups in total. The smallest absolute Gasteiger partial charge is 1.00 e. The van der Waals surface area contributed by atoms with E-state index >= 15 is 0 Å². The fourth-order valence-electron chi connectivity index (χ4n) is 5.18. The molecule has 1 heterocycles. The Hall–Kier alpha value is -1.55. The molecule has 3 rings (SSSR count). The molecule has 0 saturated carbocycles. The van der Waals surface area contributed by atoms with E-state index in [1.807, 2.05) is 24.3 Å². The Morgan fingerprint density at radius 3 is 2.12 bits per heavy atom. The predicted molar refractivity (Wildman–Crippen MR) is 159 cm³/mol. The van der Waals surface area contributed by atoms with Crippen molar-refractivity contribution >= 4 is 17.7 Å². The van der Waals surface area contributed by atoms with Crippen molar-refractivity contribution < 1.29 is 101 Å². The number of hydrogen-bond donors (Lipinski definition) is 2. The van der Waals surface area contributed by atoms with Crippen LogP contribution < -0.4 is 73.3 Å². The molecule has 0 spiro atoms. The average molecular weight is 617 g/mol. The summed E-state index contributed by atoms with van der Waals surface area (Å²) >= 11 is 0. The first-order valence-electron chi connectivity index (χ1n) is 15.0. The maximum Gasteiger partial charge on any atom is 1.00 e. The number of carboxylic acids is 2. The van der Waals surface area contributed by atoms with Crippen LogP contribution in [0.3, 0.4) is 0 Å². The standard InChI is InChI=1S/C33H44O8.2Na.2H/c1-2-11-27-30(18-16-26-28(34)20-23-41-33(26)27)40-21-8-4-3-6-12-24-13-10-14-29(25(24)17-19-32(37)38)39-22-9-5-7-15-31(35)36;;;;/h10,13-14,16,18H,2-9,11-12,15,17,19-23H2,1H3,(H,35,36)(H,37,38);;;;/q;2*+1;2*-1. The Kier molecular flexibility index (Phi) is 20.2. The van der Waals surface area contributed by atoms with Crippen molar-refractivity contribution in [2.75, 3.05) is 19.8 Å². The molecule has 0 atom stereocenters. The molecule has 0 aromatic heterocycles. The van der Waals surface area contributed by atoms with E-state index in [1.165, 1.54) is 0 Å². The van der Waals surface area contributed by atoms with Gasteiger partial charge in [0.15, 0.2) is 5.78 Å². The molecule has 0 radical (unpaired) electrons. The second kappa shape index (κ2) is 22.0. The third-order valence-corrected chi connectivity index (χ3v) is 7.30. The molecule has 0 amide bonds. The van der Waals surface area contributed by atoms with Gasteiger partial charge < -0.3 is 27.3 Å². The summed E-state index contributed by atoms with van der Waals surface area (Å²) in [6.07, 6.45) is 9.75. The number of Topliss-reactive ketones (excluding diaryl/α,β-unsaturated/α-hetero) is 1. The Morgan fingerprint density at radius 2 is 1.44 bits per heavy atom. The number of fused-ring (bicyclic) bond motifs is 1.